The molecule has 0 saturated heterocycles. The van der Waals surface area contributed by atoms with Crippen LogP contribution in [0.1, 0.15) is 53.5 Å². The number of halogens is 2. The van der Waals surface area contributed by atoms with E-state index in [4.69, 9.17) is 0 Å². The molecule has 1 N–H and O–H groups in total. The van der Waals surface area contributed by atoms with Gasteiger partial charge in [0, 0.05) is 23.7 Å². The fourth-order valence-electron chi connectivity index (χ4n) is 6.64. The van der Waals surface area contributed by atoms with Crippen molar-refractivity contribution in [3.05, 3.63) is 98.5 Å². The van der Waals surface area contributed by atoms with E-state index in [9.17, 15) is 19.1 Å². The zero-order valence-corrected chi connectivity index (χ0v) is 19.7. The van der Waals surface area contributed by atoms with Crippen LogP contribution in [0, 0.1) is 17.0 Å². The van der Waals surface area contributed by atoms with Gasteiger partial charge in [0.05, 0.1) is 0 Å². The lowest BCUT2D eigenvalue weighted by Crippen LogP contribution is -2.66. The summed E-state index contributed by atoms with van der Waals surface area (Å²) in [6.45, 7) is 5.92. The normalized spacial score (nSPS) is 24.5. The van der Waals surface area contributed by atoms with Gasteiger partial charge in [-0.3, -0.25) is 19.3 Å². The molecule has 2 aliphatic carbocycles. The number of hydrogen-bond acceptors (Lipinski definition) is 4. The second-order valence-corrected chi connectivity index (χ2v) is 10.3. The highest BCUT2D eigenvalue weighted by molar-refractivity contribution is 5.96. The number of carbonyl (C=O) groups is 1. The van der Waals surface area contributed by atoms with Crippen LogP contribution in [-0.4, -0.2) is 33.3 Å². The zero-order valence-electron chi connectivity index (χ0n) is 19.7. The maximum Gasteiger partial charge on any atom is 0.278 e. The Balaban J connectivity index is 1.74. The Morgan fingerprint density at radius 1 is 1.00 bits per heavy atom. The highest BCUT2D eigenvalue weighted by Gasteiger charge is 2.65. The van der Waals surface area contributed by atoms with Gasteiger partial charge in [-0.2, -0.15) is 0 Å². The number of fused-ring (bicyclic) bond motifs is 6. The van der Waals surface area contributed by atoms with E-state index >= 15 is 4.39 Å². The van der Waals surface area contributed by atoms with E-state index in [0.717, 1.165) is 17.2 Å². The molecule has 2 unspecified atom stereocenters. The summed E-state index contributed by atoms with van der Waals surface area (Å²) >= 11 is 0. The van der Waals surface area contributed by atoms with Crippen molar-refractivity contribution in [2.45, 2.75) is 45.2 Å². The molecule has 0 bridgehead atoms. The summed E-state index contributed by atoms with van der Waals surface area (Å²) < 4.78 is 31.1. The molecule has 2 atom stereocenters. The van der Waals surface area contributed by atoms with Gasteiger partial charge >= 0.3 is 0 Å². The van der Waals surface area contributed by atoms with E-state index in [1.807, 2.05) is 43.1 Å². The summed E-state index contributed by atoms with van der Waals surface area (Å²) in [4.78, 5) is 27.4. The van der Waals surface area contributed by atoms with Crippen molar-refractivity contribution in [1.82, 2.24) is 9.58 Å². The average Bonchev–Trinajstić information content (AvgIpc) is 3.22. The van der Waals surface area contributed by atoms with Crippen molar-refractivity contribution in [2.75, 3.05) is 11.7 Å². The van der Waals surface area contributed by atoms with Crippen molar-refractivity contribution < 1.29 is 18.7 Å². The number of nitrogens with zero attached hydrogens (tertiary/aromatic N) is 3. The molecule has 0 radical (unpaired) electrons. The lowest BCUT2D eigenvalue weighted by atomic mass is 9.71. The van der Waals surface area contributed by atoms with Gasteiger partial charge in [-0.05, 0) is 55.0 Å². The molecular weight excluding hydrogens is 452 g/mol. The average molecular weight is 478 g/mol. The number of benzene rings is 2. The van der Waals surface area contributed by atoms with Crippen LogP contribution in [0.5, 0.6) is 5.75 Å². The van der Waals surface area contributed by atoms with Gasteiger partial charge in [-0.1, -0.05) is 37.3 Å². The van der Waals surface area contributed by atoms with Crippen LogP contribution in [0.4, 0.5) is 8.78 Å². The zero-order chi connectivity index (χ0) is 24.9. The van der Waals surface area contributed by atoms with Gasteiger partial charge in [-0.15, -0.1) is 0 Å². The molecule has 3 aromatic rings. The van der Waals surface area contributed by atoms with Crippen LogP contribution < -0.4 is 10.4 Å². The summed E-state index contributed by atoms with van der Waals surface area (Å²) in [7, 11) is 0. The van der Waals surface area contributed by atoms with Crippen LogP contribution in [0.2, 0.25) is 0 Å². The van der Waals surface area contributed by atoms with Crippen LogP contribution in [0.3, 0.4) is 0 Å². The number of aromatic nitrogens is 1. The highest BCUT2D eigenvalue weighted by atomic mass is 19.2. The van der Waals surface area contributed by atoms with Gasteiger partial charge in [0.15, 0.2) is 23.1 Å². The number of hydrogen-bond donors (Lipinski definition) is 1. The van der Waals surface area contributed by atoms with E-state index in [-0.39, 0.29) is 18.4 Å². The topological polar surface area (TPSA) is 65.8 Å². The highest BCUT2D eigenvalue weighted by Crippen LogP contribution is 2.63. The summed E-state index contributed by atoms with van der Waals surface area (Å²) in [6.07, 6.45) is 2.40. The lowest BCUT2D eigenvalue weighted by molar-refractivity contribution is 0.0542. The van der Waals surface area contributed by atoms with Crippen molar-refractivity contribution >= 4 is 5.91 Å². The third-order valence-corrected chi connectivity index (χ3v) is 8.09. The summed E-state index contributed by atoms with van der Waals surface area (Å²) in [5.74, 6) is -2.83. The Morgan fingerprint density at radius 3 is 2.49 bits per heavy atom. The Bertz CT molecular complexity index is 1480. The van der Waals surface area contributed by atoms with E-state index in [1.165, 1.54) is 16.9 Å². The minimum atomic E-state index is -0.975. The molecule has 2 heterocycles. The van der Waals surface area contributed by atoms with Crippen LogP contribution >= 0.6 is 0 Å². The molecular formula is C27H25F2N3O3. The standard InChI is InChI=1S/C27H25F2N3O3/c1-15(2)30-14-32(31-11-10-21(33)24(34)23(31)25(30)35)27-18-7-5-4-6-16(18)12-26(27,3)13-17-19(27)8-9-20(28)22(17)29/h4-11,15,34H,12-14H2,1-3H3. The maximum absolute atomic E-state index is 15.2. The van der Waals surface area contributed by atoms with Crippen molar-refractivity contribution in [2.24, 2.45) is 5.41 Å². The Labute approximate surface area is 201 Å². The number of aromatic hydroxyl groups is 1. The first kappa shape index (κ1) is 21.8. The number of rotatable bonds is 2. The molecule has 8 heteroatoms. The Morgan fingerprint density at radius 2 is 1.74 bits per heavy atom. The van der Waals surface area contributed by atoms with E-state index in [2.05, 4.69) is 6.92 Å². The molecule has 0 fully saturated rings. The molecule has 3 aliphatic rings. The Kier molecular flexibility index (Phi) is 4.32. The van der Waals surface area contributed by atoms with E-state index in [1.54, 1.807) is 11.0 Å². The van der Waals surface area contributed by atoms with Crippen LogP contribution in [-0.2, 0) is 18.4 Å². The van der Waals surface area contributed by atoms with E-state index in [0.29, 0.717) is 24.0 Å². The van der Waals surface area contributed by atoms with Crippen LogP contribution in [0.15, 0.2) is 53.5 Å². The minimum Gasteiger partial charge on any atom is -0.502 e. The number of pyridine rings is 1. The van der Waals surface area contributed by atoms with Crippen molar-refractivity contribution in [3.63, 3.8) is 0 Å². The molecule has 0 spiro atoms. The summed E-state index contributed by atoms with van der Waals surface area (Å²) in [5, 5.41) is 12.7. The first-order chi connectivity index (χ1) is 16.6. The molecule has 2 aromatic carbocycles. The third-order valence-electron chi connectivity index (χ3n) is 8.09. The second kappa shape index (κ2) is 6.93. The minimum absolute atomic E-state index is 0.130. The SMILES string of the molecule is CC(C)N1CN(C23c4ccccc4CC2(C)Cc2c3ccc(F)c2F)n2ccc(=O)c(O)c2C1=O. The van der Waals surface area contributed by atoms with Gasteiger partial charge in [0.25, 0.3) is 5.91 Å². The predicted molar refractivity (Wildman–Crippen MR) is 126 cm³/mol. The predicted octanol–water partition coefficient (Wildman–Crippen LogP) is 3.65. The largest absolute Gasteiger partial charge is 0.502 e. The fraction of sp³-hybridized carbons (Fsp3) is 0.333. The lowest BCUT2D eigenvalue weighted by Gasteiger charge is -2.54. The van der Waals surface area contributed by atoms with Gasteiger partial charge in [0.2, 0.25) is 5.43 Å². The first-order valence-electron chi connectivity index (χ1n) is 11.7. The Hall–Kier alpha value is -3.68. The second-order valence-electron chi connectivity index (χ2n) is 10.3. The molecule has 1 aliphatic heterocycles. The summed E-state index contributed by atoms with van der Waals surface area (Å²) in [6, 6.07) is 11.7. The quantitative estimate of drug-likeness (QED) is 0.612. The third kappa shape index (κ3) is 2.52. The van der Waals surface area contributed by atoms with Gasteiger partial charge in [0.1, 0.15) is 12.2 Å². The molecule has 6 nitrogen and oxygen atoms in total. The van der Waals surface area contributed by atoms with Crippen LogP contribution in [0.25, 0.3) is 0 Å². The number of carbonyl (C=O) groups excluding carboxylic acids is 1. The molecule has 35 heavy (non-hydrogen) atoms. The number of amides is 1. The molecule has 1 aromatic heterocycles. The molecule has 6 rings (SSSR count). The van der Waals surface area contributed by atoms with Crippen molar-refractivity contribution in [1.29, 1.82) is 0 Å². The van der Waals surface area contributed by atoms with E-state index < -0.39 is 39.7 Å². The van der Waals surface area contributed by atoms with Crippen molar-refractivity contribution in [3.8, 4) is 5.75 Å². The molecule has 0 saturated carbocycles. The fourth-order valence-corrected chi connectivity index (χ4v) is 6.64. The van der Waals surface area contributed by atoms with Gasteiger partial charge in [-0.25, -0.2) is 8.78 Å². The maximum atomic E-state index is 15.2. The van der Waals surface area contributed by atoms with Gasteiger partial charge < -0.3 is 10.0 Å². The smallest absolute Gasteiger partial charge is 0.278 e. The molecule has 180 valence electrons. The monoisotopic (exact) mass is 477 g/mol. The molecule has 1 amide bonds. The summed E-state index contributed by atoms with van der Waals surface area (Å²) in [5.41, 5.74) is 0.633. The first-order valence-corrected chi connectivity index (χ1v) is 11.7.